The molecule has 0 N–H and O–H groups in total. The van der Waals surface area contributed by atoms with Crippen LogP contribution in [-0.4, -0.2) is 17.5 Å². The molecule has 3 fully saturated rings. The molecule has 0 aromatic rings. The quantitative estimate of drug-likeness (QED) is 0.799. The average Bonchev–Trinajstić information content (AvgIpc) is 2.77. The molecule has 6 atom stereocenters. The van der Waals surface area contributed by atoms with E-state index in [1.165, 1.54) is 0 Å². The number of Topliss-reactive ketones (excluding diaryl/α,β-unsaturated/α-hetero) is 2. The van der Waals surface area contributed by atoms with Crippen LogP contribution < -0.4 is 5.11 Å². The number of carbonyl (C=O) groups excluding carboxylic acids is 3. The van der Waals surface area contributed by atoms with Crippen LogP contribution in [0, 0.1) is 34.5 Å². The molecular formula is C19H27O4-. The van der Waals surface area contributed by atoms with Gasteiger partial charge in [-0.05, 0) is 69.1 Å². The first kappa shape index (κ1) is 16.7. The van der Waals surface area contributed by atoms with Crippen molar-refractivity contribution in [1.82, 2.24) is 0 Å². The molecule has 0 saturated heterocycles. The minimum absolute atomic E-state index is 0.0276. The molecule has 0 aliphatic heterocycles. The molecule has 3 rings (SSSR count). The fraction of sp³-hybridized carbons (Fsp3) is 0.842. The molecule has 1 unspecified atom stereocenters. The van der Waals surface area contributed by atoms with E-state index in [-0.39, 0.29) is 29.5 Å². The molecule has 4 heteroatoms. The van der Waals surface area contributed by atoms with Gasteiger partial charge in [-0.15, -0.1) is 0 Å². The Kier molecular flexibility index (Phi) is 3.93. The van der Waals surface area contributed by atoms with Gasteiger partial charge < -0.3 is 9.90 Å². The van der Waals surface area contributed by atoms with E-state index >= 15 is 0 Å². The van der Waals surface area contributed by atoms with Crippen LogP contribution in [-0.2, 0) is 14.4 Å². The highest BCUT2D eigenvalue weighted by Gasteiger charge is 2.60. The van der Waals surface area contributed by atoms with E-state index in [0.717, 1.165) is 32.1 Å². The number of ketones is 2. The first-order chi connectivity index (χ1) is 10.7. The van der Waals surface area contributed by atoms with Crippen molar-refractivity contribution >= 4 is 17.5 Å². The first-order valence-corrected chi connectivity index (χ1v) is 8.95. The van der Waals surface area contributed by atoms with Crippen LogP contribution >= 0.6 is 0 Å². The molecule has 128 valence electrons. The molecule has 0 amide bonds. The van der Waals surface area contributed by atoms with Gasteiger partial charge in [-0.25, -0.2) is 0 Å². The number of fused-ring (bicyclic) bond motifs is 3. The van der Waals surface area contributed by atoms with Crippen LogP contribution in [0.4, 0.5) is 0 Å². The number of rotatable bonds is 3. The monoisotopic (exact) mass is 319 g/mol. The Morgan fingerprint density at radius 1 is 1.13 bits per heavy atom. The zero-order chi connectivity index (χ0) is 17.0. The highest BCUT2D eigenvalue weighted by atomic mass is 16.4. The summed E-state index contributed by atoms with van der Waals surface area (Å²) in [7, 11) is 0. The summed E-state index contributed by atoms with van der Waals surface area (Å²) in [5, 5.41) is 11.1. The Morgan fingerprint density at radius 2 is 1.83 bits per heavy atom. The zero-order valence-electron chi connectivity index (χ0n) is 14.4. The summed E-state index contributed by atoms with van der Waals surface area (Å²) in [6.45, 7) is 5.69. The molecule has 0 spiro atoms. The van der Waals surface area contributed by atoms with E-state index in [0.29, 0.717) is 24.0 Å². The van der Waals surface area contributed by atoms with E-state index in [9.17, 15) is 19.5 Å². The molecule has 0 aromatic heterocycles. The summed E-state index contributed by atoms with van der Waals surface area (Å²) in [6, 6.07) is 0. The van der Waals surface area contributed by atoms with E-state index in [1.54, 1.807) is 6.92 Å². The van der Waals surface area contributed by atoms with E-state index in [4.69, 9.17) is 0 Å². The summed E-state index contributed by atoms with van der Waals surface area (Å²) < 4.78 is 0. The van der Waals surface area contributed by atoms with Crippen molar-refractivity contribution in [2.24, 2.45) is 34.5 Å². The average molecular weight is 319 g/mol. The molecule has 3 aliphatic carbocycles. The molecule has 3 saturated carbocycles. The molecule has 3 aliphatic rings. The molecule has 0 radical (unpaired) electrons. The van der Waals surface area contributed by atoms with Gasteiger partial charge in [-0.1, -0.05) is 13.8 Å². The third kappa shape index (κ3) is 2.28. The number of hydrogen-bond acceptors (Lipinski definition) is 4. The number of aliphatic carboxylic acids is 1. The van der Waals surface area contributed by atoms with Crippen molar-refractivity contribution in [1.29, 1.82) is 0 Å². The second kappa shape index (κ2) is 5.42. The van der Waals surface area contributed by atoms with Gasteiger partial charge in [0.2, 0.25) is 0 Å². The third-order valence-corrected chi connectivity index (χ3v) is 7.78. The summed E-state index contributed by atoms with van der Waals surface area (Å²) in [5.74, 6) is 0.268. The number of carboxylic acids is 1. The van der Waals surface area contributed by atoms with Gasteiger partial charge in [0.15, 0.2) is 0 Å². The molecule has 0 heterocycles. The van der Waals surface area contributed by atoms with Crippen molar-refractivity contribution in [3.63, 3.8) is 0 Å². The van der Waals surface area contributed by atoms with Gasteiger partial charge in [0.05, 0.1) is 0 Å². The lowest BCUT2D eigenvalue weighted by molar-refractivity contribution is -0.308. The van der Waals surface area contributed by atoms with Crippen LogP contribution in [0.3, 0.4) is 0 Å². The maximum Gasteiger partial charge on any atom is 0.139 e. The predicted octanol–water partition coefficient (Wildman–Crippen LogP) is 2.14. The van der Waals surface area contributed by atoms with Crippen LogP contribution in [0.2, 0.25) is 0 Å². The summed E-state index contributed by atoms with van der Waals surface area (Å²) in [5.41, 5.74) is -0.796. The fourth-order valence-corrected chi connectivity index (χ4v) is 6.27. The summed E-state index contributed by atoms with van der Waals surface area (Å²) in [6.07, 6.45) is 4.99. The summed E-state index contributed by atoms with van der Waals surface area (Å²) >= 11 is 0. The van der Waals surface area contributed by atoms with Gasteiger partial charge in [0.1, 0.15) is 11.6 Å². The highest BCUT2D eigenvalue weighted by Crippen LogP contribution is 2.63. The van der Waals surface area contributed by atoms with Gasteiger partial charge in [-0.2, -0.15) is 0 Å². The molecule has 0 aromatic carbocycles. The normalized spacial score (nSPS) is 46.1. The van der Waals surface area contributed by atoms with Gasteiger partial charge in [-0.3, -0.25) is 9.59 Å². The van der Waals surface area contributed by atoms with E-state index in [1.807, 2.05) is 6.92 Å². The SMILES string of the molecule is CC(=O)[C@@]1(C)C(CC(=O)[O-])CC[C@@H]2[C@@H]1CC[C@]1(C)C(=O)CC[C@@H]21. The topological polar surface area (TPSA) is 74.3 Å². The lowest BCUT2D eigenvalue weighted by Crippen LogP contribution is -2.55. The lowest BCUT2D eigenvalue weighted by atomic mass is 9.46. The molecule has 23 heavy (non-hydrogen) atoms. The predicted molar refractivity (Wildman–Crippen MR) is 83.2 cm³/mol. The van der Waals surface area contributed by atoms with Crippen molar-refractivity contribution in [3.8, 4) is 0 Å². The molecular weight excluding hydrogens is 292 g/mol. The fourth-order valence-electron chi connectivity index (χ4n) is 6.27. The first-order valence-electron chi connectivity index (χ1n) is 8.95. The Bertz CT molecular complexity index is 554. The van der Waals surface area contributed by atoms with Crippen LogP contribution in [0.1, 0.15) is 65.7 Å². The van der Waals surface area contributed by atoms with Crippen molar-refractivity contribution in [3.05, 3.63) is 0 Å². The minimum atomic E-state index is -1.06. The Labute approximate surface area is 138 Å². The maximum absolute atomic E-state index is 12.5. The van der Waals surface area contributed by atoms with Crippen molar-refractivity contribution < 1.29 is 19.5 Å². The van der Waals surface area contributed by atoms with Gasteiger partial charge >= 0.3 is 0 Å². The van der Waals surface area contributed by atoms with Crippen molar-refractivity contribution in [2.75, 3.05) is 0 Å². The zero-order valence-corrected chi connectivity index (χ0v) is 14.4. The summed E-state index contributed by atoms with van der Waals surface area (Å²) in [4.78, 5) is 36.0. The smallest absolute Gasteiger partial charge is 0.139 e. The van der Waals surface area contributed by atoms with E-state index < -0.39 is 11.4 Å². The third-order valence-electron chi connectivity index (χ3n) is 7.78. The Balaban J connectivity index is 1.94. The van der Waals surface area contributed by atoms with Gasteiger partial charge in [0, 0.05) is 23.2 Å². The minimum Gasteiger partial charge on any atom is -0.550 e. The van der Waals surface area contributed by atoms with Crippen LogP contribution in [0.15, 0.2) is 0 Å². The van der Waals surface area contributed by atoms with Crippen LogP contribution in [0.5, 0.6) is 0 Å². The lowest BCUT2D eigenvalue weighted by Gasteiger charge is -2.57. The highest BCUT2D eigenvalue weighted by molar-refractivity contribution is 5.87. The second-order valence-corrected chi connectivity index (χ2v) is 8.48. The number of carbonyl (C=O) groups is 3. The van der Waals surface area contributed by atoms with Crippen LogP contribution in [0.25, 0.3) is 0 Å². The molecule has 4 nitrogen and oxygen atoms in total. The Morgan fingerprint density at radius 3 is 2.43 bits per heavy atom. The number of hydrogen-bond donors (Lipinski definition) is 0. The molecule has 0 bridgehead atoms. The van der Waals surface area contributed by atoms with Crippen molar-refractivity contribution in [2.45, 2.75) is 65.7 Å². The second-order valence-electron chi connectivity index (χ2n) is 8.48. The van der Waals surface area contributed by atoms with Gasteiger partial charge in [0.25, 0.3) is 0 Å². The largest absolute Gasteiger partial charge is 0.550 e. The van der Waals surface area contributed by atoms with E-state index in [2.05, 4.69) is 6.92 Å². The Hall–Kier alpha value is -1.19. The standard InChI is InChI=1S/C19H28O4/c1-11(20)19(3)12(10-17(22)23)4-5-13-14-6-7-16(21)18(14,2)9-8-15(13)19/h12-15H,4-10H2,1-3H3,(H,22,23)/p-1/t12?,13-,14-,15-,18-,19-/m0/s1. The number of carboxylic acid groups (broad SMARTS) is 1. The maximum atomic E-state index is 12.5.